The van der Waals surface area contributed by atoms with Crippen LogP contribution in [0.1, 0.15) is 65.2 Å². The van der Waals surface area contributed by atoms with E-state index in [9.17, 15) is 10.1 Å². The quantitative estimate of drug-likeness (QED) is 0.678. The lowest BCUT2D eigenvalue weighted by Crippen LogP contribution is -2.40. The first-order valence-corrected chi connectivity index (χ1v) is 7.56. The largest absolute Gasteiger partial charge is 0.354 e. The number of nitrogens with zero attached hydrogens (tertiary/aromatic N) is 1. The maximum atomic E-state index is 12.3. The number of rotatable bonds is 8. The number of nitrogens with one attached hydrogen (secondary N) is 1. The van der Waals surface area contributed by atoms with E-state index in [-0.39, 0.29) is 5.91 Å². The standard InChI is InChI=1S/C16H26N2O/c1-3-10-16(13-17,11-4-2)15(19)18-12-9-14-7-5-6-8-14/h7H,3-6,8-12H2,1-2H3,(H,18,19). The molecule has 0 aromatic heterocycles. The second-order valence-corrected chi connectivity index (χ2v) is 5.45. The summed E-state index contributed by atoms with van der Waals surface area (Å²) in [6.45, 7) is 4.72. The van der Waals surface area contributed by atoms with Crippen LogP contribution in [0.25, 0.3) is 0 Å². The molecular formula is C16H26N2O. The zero-order valence-corrected chi connectivity index (χ0v) is 12.3. The van der Waals surface area contributed by atoms with E-state index in [1.807, 2.05) is 13.8 Å². The fraction of sp³-hybridized carbons (Fsp3) is 0.750. The van der Waals surface area contributed by atoms with Gasteiger partial charge in [-0.2, -0.15) is 5.26 Å². The predicted octanol–water partition coefficient (Wildman–Crippen LogP) is 3.71. The van der Waals surface area contributed by atoms with E-state index >= 15 is 0 Å². The van der Waals surface area contributed by atoms with E-state index < -0.39 is 5.41 Å². The molecule has 1 amide bonds. The molecule has 1 aliphatic carbocycles. The molecule has 0 radical (unpaired) electrons. The molecule has 1 aliphatic rings. The van der Waals surface area contributed by atoms with Gasteiger partial charge in [0, 0.05) is 6.54 Å². The fourth-order valence-electron chi connectivity index (χ4n) is 2.84. The van der Waals surface area contributed by atoms with Gasteiger partial charge >= 0.3 is 0 Å². The summed E-state index contributed by atoms with van der Waals surface area (Å²) in [6.07, 6.45) is 9.86. The van der Waals surface area contributed by atoms with Gasteiger partial charge in [0.1, 0.15) is 5.41 Å². The van der Waals surface area contributed by atoms with Crippen molar-refractivity contribution >= 4 is 5.91 Å². The van der Waals surface area contributed by atoms with E-state index in [0.717, 1.165) is 19.3 Å². The van der Waals surface area contributed by atoms with Crippen LogP contribution in [0, 0.1) is 16.7 Å². The molecule has 0 unspecified atom stereocenters. The van der Waals surface area contributed by atoms with Crippen LogP contribution in [-0.2, 0) is 4.79 Å². The summed E-state index contributed by atoms with van der Waals surface area (Å²) in [4.78, 5) is 12.3. The van der Waals surface area contributed by atoms with Gasteiger partial charge in [0.25, 0.3) is 0 Å². The summed E-state index contributed by atoms with van der Waals surface area (Å²) < 4.78 is 0. The van der Waals surface area contributed by atoms with Crippen molar-refractivity contribution in [2.45, 2.75) is 65.2 Å². The summed E-state index contributed by atoms with van der Waals surface area (Å²) in [5, 5.41) is 12.4. The number of carbonyl (C=O) groups excluding carboxylic acids is 1. The SMILES string of the molecule is CCCC(C#N)(CCC)C(=O)NCCC1=CCCC1. The van der Waals surface area contributed by atoms with E-state index in [1.165, 1.54) is 24.8 Å². The minimum Gasteiger partial charge on any atom is -0.354 e. The molecule has 3 nitrogen and oxygen atoms in total. The van der Waals surface area contributed by atoms with Gasteiger partial charge in [-0.15, -0.1) is 0 Å². The topological polar surface area (TPSA) is 52.9 Å². The Hall–Kier alpha value is -1.30. The Morgan fingerprint density at radius 1 is 1.42 bits per heavy atom. The van der Waals surface area contributed by atoms with Crippen molar-refractivity contribution in [2.24, 2.45) is 5.41 Å². The zero-order valence-electron chi connectivity index (χ0n) is 12.3. The summed E-state index contributed by atoms with van der Waals surface area (Å²) in [7, 11) is 0. The number of nitriles is 1. The molecule has 0 fully saturated rings. The molecule has 106 valence electrons. The van der Waals surface area contributed by atoms with E-state index in [2.05, 4.69) is 17.5 Å². The van der Waals surface area contributed by atoms with Crippen LogP contribution in [0.15, 0.2) is 11.6 Å². The van der Waals surface area contributed by atoms with Crippen molar-refractivity contribution in [3.8, 4) is 6.07 Å². The molecule has 1 rings (SSSR count). The highest BCUT2D eigenvalue weighted by Crippen LogP contribution is 2.29. The highest BCUT2D eigenvalue weighted by Gasteiger charge is 2.36. The van der Waals surface area contributed by atoms with Gasteiger partial charge < -0.3 is 5.32 Å². The van der Waals surface area contributed by atoms with Crippen LogP contribution >= 0.6 is 0 Å². The maximum Gasteiger partial charge on any atom is 0.240 e. The molecule has 0 saturated carbocycles. The first-order valence-electron chi connectivity index (χ1n) is 7.56. The van der Waals surface area contributed by atoms with Crippen LogP contribution in [0.2, 0.25) is 0 Å². The van der Waals surface area contributed by atoms with Gasteiger partial charge in [-0.1, -0.05) is 38.3 Å². The van der Waals surface area contributed by atoms with Gasteiger partial charge in [-0.05, 0) is 38.5 Å². The molecule has 0 aromatic carbocycles. The number of hydrogen-bond acceptors (Lipinski definition) is 2. The average molecular weight is 262 g/mol. The molecular weight excluding hydrogens is 236 g/mol. The molecule has 0 atom stereocenters. The molecule has 0 aromatic rings. The smallest absolute Gasteiger partial charge is 0.240 e. The molecule has 19 heavy (non-hydrogen) atoms. The Morgan fingerprint density at radius 3 is 2.58 bits per heavy atom. The zero-order chi connectivity index (χ0) is 14.1. The van der Waals surface area contributed by atoms with Crippen molar-refractivity contribution in [3.05, 3.63) is 11.6 Å². The second-order valence-electron chi connectivity index (χ2n) is 5.45. The monoisotopic (exact) mass is 262 g/mol. The summed E-state index contributed by atoms with van der Waals surface area (Å²) >= 11 is 0. The first-order chi connectivity index (χ1) is 9.18. The third-order valence-corrected chi connectivity index (χ3v) is 3.87. The number of amides is 1. The van der Waals surface area contributed by atoms with E-state index in [4.69, 9.17) is 0 Å². The van der Waals surface area contributed by atoms with E-state index in [1.54, 1.807) is 0 Å². The molecule has 1 N–H and O–H groups in total. The van der Waals surface area contributed by atoms with Crippen molar-refractivity contribution in [1.29, 1.82) is 5.26 Å². The van der Waals surface area contributed by atoms with Gasteiger partial charge in [0.05, 0.1) is 6.07 Å². The van der Waals surface area contributed by atoms with Crippen LogP contribution in [0.5, 0.6) is 0 Å². The lowest BCUT2D eigenvalue weighted by Gasteiger charge is -2.24. The van der Waals surface area contributed by atoms with Gasteiger partial charge in [-0.25, -0.2) is 0 Å². The Kier molecular flexibility index (Phi) is 6.62. The minimum atomic E-state index is -0.812. The van der Waals surface area contributed by atoms with Crippen LogP contribution in [-0.4, -0.2) is 12.5 Å². The van der Waals surface area contributed by atoms with E-state index in [0.29, 0.717) is 19.4 Å². The molecule has 0 heterocycles. The minimum absolute atomic E-state index is 0.0719. The Morgan fingerprint density at radius 2 is 2.11 bits per heavy atom. The number of carbonyl (C=O) groups is 1. The van der Waals surface area contributed by atoms with Crippen molar-refractivity contribution < 1.29 is 4.79 Å². The fourth-order valence-corrected chi connectivity index (χ4v) is 2.84. The highest BCUT2D eigenvalue weighted by molar-refractivity contribution is 5.85. The Labute approximate surface area is 117 Å². The highest BCUT2D eigenvalue weighted by atomic mass is 16.2. The summed E-state index contributed by atoms with van der Waals surface area (Å²) in [5.74, 6) is -0.0719. The normalized spacial score (nSPS) is 14.9. The number of hydrogen-bond donors (Lipinski definition) is 1. The van der Waals surface area contributed by atoms with Crippen molar-refractivity contribution in [3.63, 3.8) is 0 Å². The molecule has 0 spiro atoms. The summed E-state index contributed by atoms with van der Waals surface area (Å²) in [6, 6.07) is 2.27. The summed E-state index contributed by atoms with van der Waals surface area (Å²) in [5.41, 5.74) is 0.641. The van der Waals surface area contributed by atoms with Gasteiger partial charge in [0.15, 0.2) is 0 Å². The Balaban J connectivity index is 2.49. The molecule has 0 aliphatic heterocycles. The third kappa shape index (κ3) is 4.38. The lowest BCUT2D eigenvalue weighted by molar-refractivity contribution is -0.128. The van der Waals surface area contributed by atoms with Crippen LogP contribution in [0.3, 0.4) is 0 Å². The first kappa shape index (κ1) is 15.8. The predicted molar refractivity (Wildman–Crippen MR) is 77.4 cm³/mol. The number of allylic oxidation sites excluding steroid dienone is 1. The van der Waals surface area contributed by atoms with Crippen LogP contribution in [0.4, 0.5) is 0 Å². The Bertz CT molecular complexity index is 359. The third-order valence-electron chi connectivity index (χ3n) is 3.87. The lowest BCUT2D eigenvalue weighted by atomic mass is 9.80. The van der Waals surface area contributed by atoms with Gasteiger partial charge in [0.2, 0.25) is 5.91 Å². The van der Waals surface area contributed by atoms with Crippen molar-refractivity contribution in [2.75, 3.05) is 6.54 Å². The average Bonchev–Trinajstić information content (AvgIpc) is 2.91. The maximum absolute atomic E-state index is 12.3. The van der Waals surface area contributed by atoms with Crippen LogP contribution < -0.4 is 5.32 Å². The molecule has 0 bridgehead atoms. The molecule has 3 heteroatoms. The van der Waals surface area contributed by atoms with Crippen molar-refractivity contribution in [1.82, 2.24) is 5.32 Å². The van der Waals surface area contributed by atoms with Gasteiger partial charge in [-0.3, -0.25) is 4.79 Å². The molecule has 0 saturated heterocycles. The second kappa shape index (κ2) is 7.99.